The number of carbonyl (C=O) groups is 1. The van der Waals surface area contributed by atoms with Gasteiger partial charge in [0.2, 0.25) is 5.91 Å². The lowest BCUT2D eigenvalue weighted by Gasteiger charge is -2.10. The third-order valence-corrected chi connectivity index (χ3v) is 4.35. The number of nitro benzene ring substituents is 1. The van der Waals surface area contributed by atoms with Crippen LogP contribution in [0.3, 0.4) is 0 Å². The number of hydrogen-bond donors (Lipinski definition) is 2. The van der Waals surface area contributed by atoms with E-state index in [9.17, 15) is 14.9 Å². The molecule has 0 radical (unpaired) electrons. The van der Waals surface area contributed by atoms with Gasteiger partial charge in [-0.15, -0.1) is 0 Å². The number of ether oxygens (including phenoxy) is 1. The van der Waals surface area contributed by atoms with Gasteiger partial charge in [-0.05, 0) is 66.7 Å². The Hall–Kier alpha value is -3.26. The lowest BCUT2D eigenvalue weighted by Crippen LogP contribution is -2.32. The number of nitrogens with one attached hydrogen (secondary N) is 2. The number of nitro groups is 1. The average Bonchev–Trinajstić information content (AvgIpc) is 2.73. The quantitative estimate of drug-likeness (QED) is 0.181. The van der Waals surface area contributed by atoms with Crippen LogP contribution in [0.1, 0.15) is 38.2 Å². The van der Waals surface area contributed by atoms with Crippen molar-refractivity contribution in [1.29, 1.82) is 0 Å². The summed E-state index contributed by atoms with van der Waals surface area (Å²) in [4.78, 5) is 22.2. The fourth-order valence-electron chi connectivity index (χ4n) is 2.55. The third kappa shape index (κ3) is 8.40. The van der Waals surface area contributed by atoms with Crippen LogP contribution >= 0.6 is 12.2 Å². The van der Waals surface area contributed by atoms with E-state index in [1.54, 1.807) is 18.2 Å². The molecule has 0 fully saturated rings. The van der Waals surface area contributed by atoms with Gasteiger partial charge < -0.3 is 10.1 Å². The number of carbonyl (C=O) groups excluding carboxylic acids is 1. The fourth-order valence-corrected chi connectivity index (χ4v) is 2.77. The second-order valence-corrected chi connectivity index (χ2v) is 6.97. The average molecular weight is 428 g/mol. The summed E-state index contributed by atoms with van der Waals surface area (Å²) in [5, 5.41) is 16.3. The molecule has 0 spiro atoms. The number of rotatable bonds is 10. The van der Waals surface area contributed by atoms with Gasteiger partial charge in [-0.3, -0.25) is 20.2 Å². The molecule has 0 aliphatic heterocycles. The molecule has 2 aromatic carbocycles. The number of hydrogen-bond acceptors (Lipinski definition) is 5. The number of benzene rings is 2. The molecule has 2 rings (SSSR count). The van der Waals surface area contributed by atoms with Crippen LogP contribution in [0.5, 0.6) is 5.75 Å². The summed E-state index contributed by atoms with van der Waals surface area (Å²) in [5.41, 5.74) is 1.40. The van der Waals surface area contributed by atoms with Crippen molar-refractivity contribution in [3.05, 3.63) is 70.3 Å². The molecule has 0 heterocycles. The highest BCUT2D eigenvalue weighted by Gasteiger charge is 2.04. The molecule has 0 saturated carbocycles. The van der Waals surface area contributed by atoms with Gasteiger partial charge in [-0.2, -0.15) is 0 Å². The first-order valence-corrected chi connectivity index (χ1v) is 10.2. The first-order chi connectivity index (χ1) is 14.5. The highest BCUT2D eigenvalue weighted by atomic mass is 32.1. The summed E-state index contributed by atoms with van der Waals surface area (Å²) < 4.78 is 5.69. The molecule has 158 valence electrons. The van der Waals surface area contributed by atoms with Gasteiger partial charge in [0.05, 0.1) is 11.5 Å². The van der Waals surface area contributed by atoms with Crippen LogP contribution in [0.2, 0.25) is 0 Å². The molecule has 2 aromatic rings. The molecule has 0 bridgehead atoms. The molecule has 0 aliphatic rings. The van der Waals surface area contributed by atoms with E-state index < -0.39 is 10.8 Å². The minimum Gasteiger partial charge on any atom is -0.494 e. The summed E-state index contributed by atoms with van der Waals surface area (Å²) in [6, 6.07) is 13.2. The molecule has 1 amide bonds. The third-order valence-electron chi connectivity index (χ3n) is 4.15. The molecular formula is C22H25N3O4S. The van der Waals surface area contributed by atoms with E-state index in [0.717, 1.165) is 17.9 Å². The predicted octanol–water partition coefficient (Wildman–Crippen LogP) is 5.08. The van der Waals surface area contributed by atoms with Gasteiger partial charge >= 0.3 is 0 Å². The second-order valence-electron chi connectivity index (χ2n) is 6.56. The standard InChI is InChI=1S/C22H25N3O4S/c1-2-3-4-5-16-29-20-13-9-18(10-14-20)23-22(30)24-21(26)15-8-17-6-11-19(12-7-17)25(27)28/h6-15H,2-5,16H2,1H3,(H2,23,24,26,30)/b15-8+. The van der Waals surface area contributed by atoms with Gasteiger partial charge in [0, 0.05) is 23.9 Å². The highest BCUT2D eigenvalue weighted by Crippen LogP contribution is 2.16. The molecule has 2 N–H and O–H groups in total. The second kappa shape index (κ2) is 12.3. The number of nitrogens with zero attached hydrogens (tertiary/aromatic N) is 1. The van der Waals surface area contributed by atoms with Crippen LogP contribution in [-0.4, -0.2) is 22.5 Å². The smallest absolute Gasteiger partial charge is 0.269 e. The summed E-state index contributed by atoms with van der Waals surface area (Å²) in [7, 11) is 0. The van der Waals surface area contributed by atoms with Crippen molar-refractivity contribution in [2.75, 3.05) is 11.9 Å². The fraction of sp³-hybridized carbons (Fsp3) is 0.273. The number of amides is 1. The Kier molecular flexibility index (Phi) is 9.47. The maximum Gasteiger partial charge on any atom is 0.269 e. The normalized spacial score (nSPS) is 10.6. The Labute approximate surface area is 181 Å². The summed E-state index contributed by atoms with van der Waals surface area (Å²) in [6.07, 6.45) is 7.49. The number of unbranched alkanes of at least 4 members (excludes halogenated alkanes) is 3. The van der Waals surface area contributed by atoms with Crippen molar-refractivity contribution in [1.82, 2.24) is 5.32 Å². The maximum absolute atomic E-state index is 12.0. The minimum absolute atomic E-state index is 0.00473. The Morgan fingerprint density at radius 1 is 1.10 bits per heavy atom. The summed E-state index contributed by atoms with van der Waals surface area (Å²) in [5.74, 6) is 0.385. The Bertz CT molecular complexity index is 880. The summed E-state index contributed by atoms with van der Waals surface area (Å²) in [6.45, 7) is 2.87. The monoisotopic (exact) mass is 427 g/mol. The molecule has 0 aromatic heterocycles. The molecule has 0 saturated heterocycles. The van der Waals surface area contributed by atoms with Crippen LogP contribution in [0.15, 0.2) is 54.6 Å². The zero-order valence-corrected chi connectivity index (χ0v) is 17.6. The van der Waals surface area contributed by atoms with Gasteiger partial charge in [-0.1, -0.05) is 26.2 Å². The van der Waals surface area contributed by atoms with Gasteiger partial charge in [0.25, 0.3) is 5.69 Å². The molecule has 30 heavy (non-hydrogen) atoms. The zero-order valence-electron chi connectivity index (χ0n) is 16.8. The van der Waals surface area contributed by atoms with Crippen molar-refractivity contribution >= 4 is 40.7 Å². The van der Waals surface area contributed by atoms with Crippen molar-refractivity contribution in [3.63, 3.8) is 0 Å². The van der Waals surface area contributed by atoms with Crippen molar-refractivity contribution in [2.45, 2.75) is 32.6 Å². The first-order valence-electron chi connectivity index (χ1n) is 9.75. The number of non-ortho nitro benzene ring substituents is 1. The van der Waals surface area contributed by atoms with Gasteiger partial charge in [0.15, 0.2) is 5.11 Å². The van der Waals surface area contributed by atoms with Crippen LogP contribution in [-0.2, 0) is 4.79 Å². The van der Waals surface area contributed by atoms with E-state index in [1.807, 2.05) is 24.3 Å². The van der Waals surface area contributed by atoms with Crippen molar-refractivity contribution in [2.24, 2.45) is 0 Å². The number of anilines is 1. The molecular weight excluding hydrogens is 402 g/mol. The zero-order chi connectivity index (χ0) is 21.8. The van der Waals surface area contributed by atoms with Crippen molar-refractivity contribution in [3.8, 4) is 5.75 Å². The lowest BCUT2D eigenvalue weighted by atomic mass is 10.2. The van der Waals surface area contributed by atoms with Crippen LogP contribution in [0.25, 0.3) is 6.08 Å². The Balaban J connectivity index is 1.76. The van der Waals surface area contributed by atoms with Gasteiger partial charge in [-0.25, -0.2) is 0 Å². The minimum atomic E-state index is -0.476. The van der Waals surface area contributed by atoms with E-state index in [1.165, 1.54) is 37.5 Å². The predicted molar refractivity (Wildman–Crippen MR) is 123 cm³/mol. The largest absolute Gasteiger partial charge is 0.494 e. The molecule has 0 unspecified atom stereocenters. The Morgan fingerprint density at radius 2 is 1.80 bits per heavy atom. The first kappa shape index (κ1) is 23.0. The SMILES string of the molecule is CCCCCCOc1ccc(NC(=S)NC(=O)/C=C/c2ccc([N+](=O)[O-])cc2)cc1. The maximum atomic E-state index is 12.0. The highest BCUT2D eigenvalue weighted by molar-refractivity contribution is 7.80. The van der Waals surface area contributed by atoms with Crippen LogP contribution in [0.4, 0.5) is 11.4 Å². The van der Waals surface area contributed by atoms with E-state index in [4.69, 9.17) is 17.0 Å². The Morgan fingerprint density at radius 3 is 2.43 bits per heavy atom. The lowest BCUT2D eigenvalue weighted by molar-refractivity contribution is -0.384. The van der Waals surface area contributed by atoms with E-state index >= 15 is 0 Å². The topological polar surface area (TPSA) is 93.5 Å². The molecule has 7 nitrogen and oxygen atoms in total. The molecule has 0 atom stereocenters. The van der Waals surface area contributed by atoms with E-state index in [2.05, 4.69) is 17.6 Å². The molecule has 8 heteroatoms. The van der Waals surface area contributed by atoms with Gasteiger partial charge in [0.1, 0.15) is 5.75 Å². The van der Waals surface area contributed by atoms with E-state index in [-0.39, 0.29) is 10.8 Å². The number of thiocarbonyl (C=S) groups is 1. The van der Waals surface area contributed by atoms with Crippen LogP contribution < -0.4 is 15.4 Å². The molecule has 0 aliphatic carbocycles. The van der Waals surface area contributed by atoms with Crippen molar-refractivity contribution < 1.29 is 14.5 Å². The summed E-state index contributed by atoms with van der Waals surface area (Å²) >= 11 is 5.15. The van der Waals surface area contributed by atoms with Crippen LogP contribution in [0, 0.1) is 10.1 Å². The van der Waals surface area contributed by atoms with E-state index in [0.29, 0.717) is 12.2 Å².